The number of para-hydroxylation sites is 2. The van der Waals surface area contributed by atoms with Crippen LogP contribution in [-0.2, 0) is 19.7 Å². The molecule has 3 rings (SSSR count). The number of rotatable bonds is 2. The Morgan fingerprint density at radius 2 is 1.74 bits per heavy atom. The van der Waals surface area contributed by atoms with Gasteiger partial charge in [-0.1, -0.05) is 12.1 Å². The monoisotopic (exact) mass is 339 g/mol. The normalized spacial score (nSPS) is 26.3. The molecule has 2 atom stereocenters. The number of nitrogens with zero attached hydrogens (tertiary/aromatic N) is 3. The lowest BCUT2D eigenvalue weighted by Crippen LogP contribution is -2.52. The van der Waals surface area contributed by atoms with Crippen molar-refractivity contribution in [3.05, 3.63) is 24.3 Å². The van der Waals surface area contributed by atoms with Gasteiger partial charge in [-0.2, -0.15) is 8.42 Å². The highest BCUT2D eigenvalue weighted by molar-refractivity contribution is 7.94. The summed E-state index contributed by atoms with van der Waals surface area (Å²) in [5.41, 5.74) is 1.13. The van der Waals surface area contributed by atoms with E-state index in [0.29, 0.717) is 24.5 Å². The van der Waals surface area contributed by atoms with Crippen LogP contribution in [0.3, 0.4) is 0 Å². The summed E-state index contributed by atoms with van der Waals surface area (Å²) in [6, 6.07) is 7.00. The van der Waals surface area contributed by atoms with Crippen LogP contribution in [0.4, 0.5) is 11.4 Å². The smallest absolute Gasteiger partial charge is 0.326 e. The molecule has 1 amide bonds. The van der Waals surface area contributed by atoms with Gasteiger partial charge in [0.05, 0.1) is 23.6 Å². The van der Waals surface area contributed by atoms with Crippen molar-refractivity contribution in [2.24, 2.45) is 0 Å². The number of anilines is 2. The molecule has 0 aromatic heterocycles. The quantitative estimate of drug-likeness (QED) is 0.800. The fourth-order valence-corrected chi connectivity index (χ4v) is 4.48. The molecule has 2 aliphatic rings. The van der Waals surface area contributed by atoms with E-state index in [1.807, 2.05) is 13.8 Å². The first kappa shape index (κ1) is 16.1. The van der Waals surface area contributed by atoms with Gasteiger partial charge in [-0.15, -0.1) is 0 Å². The number of hydrogen-bond acceptors (Lipinski definition) is 4. The van der Waals surface area contributed by atoms with Crippen molar-refractivity contribution in [2.75, 3.05) is 35.3 Å². The third-order valence-corrected chi connectivity index (χ3v) is 5.94. The molecule has 2 aliphatic heterocycles. The maximum atomic E-state index is 12.6. The van der Waals surface area contributed by atoms with E-state index < -0.39 is 10.2 Å². The van der Waals surface area contributed by atoms with Crippen LogP contribution < -0.4 is 8.61 Å². The van der Waals surface area contributed by atoms with Crippen LogP contribution >= 0.6 is 0 Å². The van der Waals surface area contributed by atoms with Crippen molar-refractivity contribution in [3.63, 3.8) is 0 Å². The zero-order valence-electron chi connectivity index (χ0n) is 13.5. The van der Waals surface area contributed by atoms with Gasteiger partial charge in [-0.3, -0.25) is 9.10 Å². The average Bonchev–Trinajstić information content (AvgIpc) is 2.68. The van der Waals surface area contributed by atoms with Crippen LogP contribution in [0.5, 0.6) is 0 Å². The topological polar surface area (TPSA) is 70.2 Å². The van der Waals surface area contributed by atoms with Crippen LogP contribution in [-0.4, -0.2) is 58.1 Å². The maximum absolute atomic E-state index is 12.6. The van der Waals surface area contributed by atoms with Crippen molar-refractivity contribution in [3.8, 4) is 0 Å². The number of carbonyl (C=O) groups excluding carboxylic acids is 1. The van der Waals surface area contributed by atoms with Crippen LogP contribution in [0, 0.1) is 0 Å². The van der Waals surface area contributed by atoms with Crippen molar-refractivity contribution in [2.45, 2.75) is 26.1 Å². The largest absolute Gasteiger partial charge is 0.372 e. The SMILES string of the molecule is C[C@@H]1CN(C(=O)CN2c3ccccc3N(C)S2(=O)=O)C[C@H](C)O1. The second-order valence-electron chi connectivity index (χ2n) is 6.03. The predicted octanol–water partition coefficient (Wildman–Crippen LogP) is 0.823. The minimum absolute atomic E-state index is 0.0483. The van der Waals surface area contributed by atoms with E-state index in [2.05, 4.69) is 0 Å². The number of benzene rings is 1. The molecule has 1 aromatic rings. The molecule has 0 spiro atoms. The Bertz CT molecular complexity index is 711. The molecule has 126 valence electrons. The molecule has 7 nitrogen and oxygen atoms in total. The van der Waals surface area contributed by atoms with E-state index in [1.54, 1.807) is 29.2 Å². The highest BCUT2D eigenvalue weighted by atomic mass is 32.2. The first-order valence-corrected chi connectivity index (χ1v) is 8.99. The summed E-state index contributed by atoms with van der Waals surface area (Å²) in [6.45, 7) is 4.59. The van der Waals surface area contributed by atoms with E-state index in [0.717, 1.165) is 0 Å². The molecule has 1 saturated heterocycles. The van der Waals surface area contributed by atoms with Gasteiger partial charge in [-0.05, 0) is 26.0 Å². The van der Waals surface area contributed by atoms with Crippen LogP contribution in [0.25, 0.3) is 0 Å². The molecule has 0 N–H and O–H groups in total. The zero-order valence-corrected chi connectivity index (χ0v) is 14.3. The van der Waals surface area contributed by atoms with Gasteiger partial charge in [0.25, 0.3) is 0 Å². The van der Waals surface area contributed by atoms with Gasteiger partial charge in [0, 0.05) is 20.1 Å². The Hall–Kier alpha value is -1.80. The molecule has 0 saturated carbocycles. The molecule has 0 bridgehead atoms. The molecule has 0 radical (unpaired) electrons. The Kier molecular flexibility index (Phi) is 3.97. The minimum atomic E-state index is -3.70. The Labute approximate surface area is 136 Å². The fourth-order valence-electron chi connectivity index (χ4n) is 3.11. The molecule has 23 heavy (non-hydrogen) atoms. The van der Waals surface area contributed by atoms with Gasteiger partial charge in [-0.25, -0.2) is 4.31 Å². The number of amides is 1. The van der Waals surface area contributed by atoms with Crippen LogP contribution in [0.15, 0.2) is 24.3 Å². The average molecular weight is 339 g/mol. The van der Waals surface area contributed by atoms with Crippen molar-refractivity contribution < 1.29 is 17.9 Å². The lowest BCUT2D eigenvalue weighted by atomic mass is 10.2. The fraction of sp³-hybridized carbons (Fsp3) is 0.533. The summed E-state index contributed by atoms with van der Waals surface area (Å²) in [7, 11) is -2.20. The molecule has 8 heteroatoms. The summed E-state index contributed by atoms with van der Waals surface area (Å²) < 4.78 is 33.1. The van der Waals surface area contributed by atoms with E-state index >= 15 is 0 Å². The lowest BCUT2D eigenvalue weighted by Gasteiger charge is -2.36. The molecule has 1 aromatic carbocycles. The number of fused-ring (bicyclic) bond motifs is 1. The number of hydrogen-bond donors (Lipinski definition) is 0. The van der Waals surface area contributed by atoms with Gasteiger partial charge in [0.1, 0.15) is 6.54 Å². The molecule has 0 aliphatic carbocycles. The molecule has 2 heterocycles. The summed E-state index contributed by atoms with van der Waals surface area (Å²) in [6.07, 6.45) is -0.0966. The van der Waals surface area contributed by atoms with Gasteiger partial charge < -0.3 is 9.64 Å². The third kappa shape index (κ3) is 2.76. The Morgan fingerprint density at radius 1 is 1.17 bits per heavy atom. The molecule has 0 unspecified atom stereocenters. The van der Waals surface area contributed by atoms with E-state index in [9.17, 15) is 13.2 Å². The predicted molar refractivity (Wildman–Crippen MR) is 87.7 cm³/mol. The summed E-state index contributed by atoms with van der Waals surface area (Å²) in [5, 5.41) is 0. The molecular formula is C15H21N3O4S. The maximum Gasteiger partial charge on any atom is 0.326 e. The van der Waals surface area contributed by atoms with E-state index in [4.69, 9.17) is 4.74 Å². The Morgan fingerprint density at radius 3 is 2.35 bits per heavy atom. The summed E-state index contributed by atoms with van der Waals surface area (Å²) in [5.74, 6) is -0.208. The third-order valence-electron chi connectivity index (χ3n) is 4.17. The first-order valence-electron chi connectivity index (χ1n) is 7.59. The highest BCUT2D eigenvalue weighted by Gasteiger charge is 2.40. The van der Waals surface area contributed by atoms with Crippen molar-refractivity contribution >= 4 is 27.5 Å². The van der Waals surface area contributed by atoms with E-state index in [-0.39, 0.29) is 24.7 Å². The van der Waals surface area contributed by atoms with Crippen LogP contribution in [0.1, 0.15) is 13.8 Å². The number of ether oxygens (including phenoxy) is 1. The zero-order chi connectivity index (χ0) is 16.8. The second kappa shape index (κ2) is 5.68. The van der Waals surface area contributed by atoms with E-state index in [1.165, 1.54) is 15.7 Å². The van der Waals surface area contributed by atoms with Gasteiger partial charge >= 0.3 is 10.2 Å². The lowest BCUT2D eigenvalue weighted by molar-refractivity contribution is -0.141. The van der Waals surface area contributed by atoms with Gasteiger partial charge in [0.15, 0.2) is 0 Å². The first-order chi connectivity index (χ1) is 10.8. The molecule has 1 fully saturated rings. The van der Waals surface area contributed by atoms with Crippen molar-refractivity contribution in [1.82, 2.24) is 4.90 Å². The second-order valence-corrected chi connectivity index (χ2v) is 7.91. The highest BCUT2D eigenvalue weighted by Crippen LogP contribution is 2.39. The summed E-state index contributed by atoms with van der Waals surface area (Å²) in [4.78, 5) is 14.3. The standard InChI is InChI=1S/C15H21N3O4S/c1-11-8-17(9-12(2)22-11)15(19)10-18-14-7-5-4-6-13(14)16(3)23(18,20)21/h4-7,11-12H,8-10H2,1-3H3/t11-,12+. The number of morpholine rings is 1. The summed E-state index contributed by atoms with van der Waals surface area (Å²) >= 11 is 0. The van der Waals surface area contributed by atoms with Crippen molar-refractivity contribution in [1.29, 1.82) is 0 Å². The molecular weight excluding hydrogens is 318 g/mol. The number of carbonyl (C=O) groups is 1. The minimum Gasteiger partial charge on any atom is -0.372 e. The van der Waals surface area contributed by atoms with Crippen LogP contribution in [0.2, 0.25) is 0 Å². The Balaban J connectivity index is 1.83. The van der Waals surface area contributed by atoms with Gasteiger partial charge in [0.2, 0.25) is 5.91 Å².